The molecule has 0 radical (unpaired) electrons. The molecule has 0 spiro atoms. The van der Waals surface area contributed by atoms with Crippen molar-refractivity contribution in [2.75, 3.05) is 19.7 Å². The normalized spacial score (nSPS) is 16.1. The number of benzene rings is 1. The van der Waals surface area contributed by atoms with Crippen LogP contribution in [0.3, 0.4) is 0 Å². The van der Waals surface area contributed by atoms with Crippen molar-refractivity contribution in [2.24, 2.45) is 0 Å². The van der Waals surface area contributed by atoms with Crippen molar-refractivity contribution in [2.45, 2.75) is 26.9 Å². The lowest BCUT2D eigenvalue weighted by molar-refractivity contribution is -0.126. The quantitative estimate of drug-likeness (QED) is 0.790. The molecule has 1 aliphatic rings. The van der Waals surface area contributed by atoms with Gasteiger partial charge in [0.2, 0.25) is 5.91 Å². The first-order chi connectivity index (χ1) is 9.90. The van der Waals surface area contributed by atoms with Gasteiger partial charge in [-0.25, -0.2) is 4.79 Å². The van der Waals surface area contributed by atoms with Crippen LogP contribution in [0.15, 0.2) is 12.1 Å². The summed E-state index contributed by atoms with van der Waals surface area (Å²) in [6, 6.07) is 3.50. The van der Waals surface area contributed by atoms with E-state index in [1.165, 1.54) is 0 Å². The smallest absolute Gasteiger partial charge is 0.324 e. The summed E-state index contributed by atoms with van der Waals surface area (Å²) in [6.07, 6.45) is -0.919. The molecule has 0 aromatic heterocycles. The van der Waals surface area contributed by atoms with Gasteiger partial charge in [0.1, 0.15) is 18.5 Å². The van der Waals surface area contributed by atoms with Crippen LogP contribution in [0.2, 0.25) is 0 Å². The first-order valence-corrected chi connectivity index (χ1v) is 6.86. The number of aliphatic hydroxyl groups is 1. The summed E-state index contributed by atoms with van der Waals surface area (Å²) in [5, 5.41) is 12.4. The fourth-order valence-electron chi connectivity index (χ4n) is 2.23. The Morgan fingerprint density at radius 2 is 1.95 bits per heavy atom. The van der Waals surface area contributed by atoms with Crippen LogP contribution in [0.5, 0.6) is 5.75 Å². The maximum Gasteiger partial charge on any atom is 0.324 e. The average Bonchev–Trinajstić information content (AvgIpc) is 2.75. The van der Waals surface area contributed by atoms with E-state index in [4.69, 9.17) is 4.74 Å². The summed E-state index contributed by atoms with van der Waals surface area (Å²) in [4.78, 5) is 23.8. The van der Waals surface area contributed by atoms with Crippen LogP contribution >= 0.6 is 0 Å². The molecule has 1 fully saturated rings. The molecule has 6 nitrogen and oxygen atoms in total. The Morgan fingerprint density at radius 3 is 2.57 bits per heavy atom. The van der Waals surface area contributed by atoms with Gasteiger partial charge in [-0.1, -0.05) is 12.1 Å². The molecular formula is C15H20N2O4. The van der Waals surface area contributed by atoms with Crippen LogP contribution in [-0.4, -0.2) is 47.7 Å². The topological polar surface area (TPSA) is 78.9 Å². The number of carbonyl (C=O) groups excluding carboxylic acids is 2. The van der Waals surface area contributed by atoms with E-state index >= 15 is 0 Å². The zero-order valence-corrected chi connectivity index (χ0v) is 12.5. The third-order valence-corrected chi connectivity index (χ3v) is 3.62. The molecule has 2 N–H and O–H groups in total. The highest BCUT2D eigenvalue weighted by molar-refractivity contribution is 6.01. The highest BCUT2D eigenvalue weighted by atomic mass is 16.5. The van der Waals surface area contributed by atoms with Gasteiger partial charge in [0, 0.05) is 0 Å². The number of hydrogen-bond acceptors (Lipinski definition) is 4. The van der Waals surface area contributed by atoms with E-state index in [0.29, 0.717) is 0 Å². The second kappa shape index (κ2) is 6.13. The monoisotopic (exact) mass is 292 g/mol. The Bertz CT molecular complexity index is 555. The van der Waals surface area contributed by atoms with Crippen LogP contribution < -0.4 is 10.1 Å². The molecule has 114 valence electrons. The van der Waals surface area contributed by atoms with Gasteiger partial charge < -0.3 is 15.2 Å². The average molecular weight is 292 g/mol. The molecule has 1 aliphatic heterocycles. The van der Waals surface area contributed by atoms with Crippen molar-refractivity contribution >= 4 is 11.9 Å². The number of urea groups is 1. The number of amides is 3. The van der Waals surface area contributed by atoms with Crippen molar-refractivity contribution in [3.8, 4) is 5.75 Å². The van der Waals surface area contributed by atoms with Gasteiger partial charge in [0.05, 0.1) is 13.1 Å². The molecule has 0 unspecified atom stereocenters. The summed E-state index contributed by atoms with van der Waals surface area (Å²) in [5.41, 5.74) is 3.12. The molecule has 0 aliphatic carbocycles. The molecule has 0 bridgehead atoms. The highest BCUT2D eigenvalue weighted by Crippen LogP contribution is 2.25. The van der Waals surface area contributed by atoms with E-state index in [2.05, 4.69) is 5.32 Å². The number of ether oxygens (including phenoxy) is 1. The molecule has 1 atom stereocenters. The zero-order chi connectivity index (χ0) is 15.6. The Kier molecular flexibility index (Phi) is 4.47. The van der Waals surface area contributed by atoms with Crippen molar-refractivity contribution in [3.63, 3.8) is 0 Å². The molecular weight excluding hydrogens is 272 g/mol. The Morgan fingerprint density at radius 1 is 1.29 bits per heavy atom. The fraction of sp³-hybridized carbons (Fsp3) is 0.467. The number of β-amino-alcohol motifs (C(OH)–C–C–N with tert-alkyl or cyclic N) is 1. The number of hydrogen-bond donors (Lipinski definition) is 2. The molecule has 2 rings (SSSR count). The largest absolute Gasteiger partial charge is 0.490 e. The molecule has 0 saturated carbocycles. The summed E-state index contributed by atoms with van der Waals surface area (Å²) in [6.45, 7) is 5.84. The Hall–Kier alpha value is -2.08. The summed E-state index contributed by atoms with van der Waals surface area (Å²) in [7, 11) is 0. The van der Waals surface area contributed by atoms with E-state index in [1.807, 2.05) is 32.9 Å². The minimum absolute atomic E-state index is 0.0114. The molecule has 1 heterocycles. The molecule has 3 amide bonds. The van der Waals surface area contributed by atoms with Crippen LogP contribution in [0, 0.1) is 20.8 Å². The van der Waals surface area contributed by atoms with E-state index < -0.39 is 12.1 Å². The molecule has 1 aromatic carbocycles. The SMILES string of the molecule is Cc1ccc(C)c(OC[C@@H](O)CN2C(=O)CNC2=O)c1C. The van der Waals surface area contributed by atoms with Crippen molar-refractivity contribution in [3.05, 3.63) is 28.8 Å². The number of aryl methyl sites for hydroxylation is 2. The van der Waals surface area contributed by atoms with E-state index in [9.17, 15) is 14.7 Å². The van der Waals surface area contributed by atoms with Crippen molar-refractivity contribution in [1.29, 1.82) is 0 Å². The van der Waals surface area contributed by atoms with Crippen LogP contribution in [0.4, 0.5) is 4.79 Å². The summed E-state index contributed by atoms with van der Waals surface area (Å²) < 4.78 is 5.67. The van der Waals surface area contributed by atoms with Crippen molar-refractivity contribution in [1.82, 2.24) is 10.2 Å². The van der Waals surface area contributed by atoms with Crippen LogP contribution in [0.1, 0.15) is 16.7 Å². The first-order valence-electron chi connectivity index (χ1n) is 6.86. The predicted molar refractivity (Wildman–Crippen MR) is 77.3 cm³/mol. The Balaban J connectivity index is 1.96. The van der Waals surface area contributed by atoms with Gasteiger partial charge in [-0.2, -0.15) is 0 Å². The minimum atomic E-state index is -0.919. The van der Waals surface area contributed by atoms with Gasteiger partial charge in [-0.15, -0.1) is 0 Å². The van der Waals surface area contributed by atoms with E-state index in [1.54, 1.807) is 0 Å². The van der Waals surface area contributed by atoms with Gasteiger partial charge in [0.15, 0.2) is 0 Å². The standard InChI is InChI=1S/C15H20N2O4/c1-9-4-5-10(2)14(11(9)3)21-8-12(18)7-17-13(19)6-16-15(17)20/h4-5,12,18H,6-8H2,1-3H3,(H,16,20)/t12-/m0/s1. The van der Waals surface area contributed by atoms with Gasteiger partial charge in [-0.3, -0.25) is 9.69 Å². The van der Waals surface area contributed by atoms with E-state index in [-0.39, 0.29) is 25.6 Å². The third-order valence-electron chi connectivity index (χ3n) is 3.62. The third kappa shape index (κ3) is 3.33. The van der Waals surface area contributed by atoms with Gasteiger partial charge in [-0.05, 0) is 37.5 Å². The van der Waals surface area contributed by atoms with Crippen LogP contribution in [0.25, 0.3) is 0 Å². The van der Waals surface area contributed by atoms with Gasteiger partial charge >= 0.3 is 6.03 Å². The number of rotatable bonds is 5. The number of imide groups is 1. The number of nitrogens with one attached hydrogen (secondary N) is 1. The number of carbonyl (C=O) groups is 2. The molecule has 6 heteroatoms. The minimum Gasteiger partial charge on any atom is -0.490 e. The fourth-order valence-corrected chi connectivity index (χ4v) is 2.23. The maximum absolute atomic E-state index is 11.4. The van der Waals surface area contributed by atoms with Crippen LogP contribution in [-0.2, 0) is 4.79 Å². The number of nitrogens with zero attached hydrogens (tertiary/aromatic N) is 1. The second-order valence-corrected chi connectivity index (χ2v) is 5.28. The van der Waals surface area contributed by atoms with E-state index in [0.717, 1.165) is 27.3 Å². The summed E-state index contributed by atoms with van der Waals surface area (Å²) in [5.74, 6) is 0.410. The second-order valence-electron chi connectivity index (χ2n) is 5.28. The summed E-state index contributed by atoms with van der Waals surface area (Å²) >= 11 is 0. The van der Waals surface area contributed by atoms with Gasteiger partial charge in [0.25, 0.3) is 0 Å². The zero-order valence-electron chi connectivity index (χ0n) is 12.5. The molecule has 1 saturated heterocycles. The van der Waals surface area contributed by atoms with Crippen molar-refractivity contribution < 1.29 is 19.4 Å². The molecule has 1 aromatic rings. The lowest BCUT2D eigenvalue weighted by Crippen LogP contribution is -2.39. The Labute approximate surface area is 123 Å². The number of aliphatic hydroxyl groups excluding tert-OH is 1. The maximum atomic E-state index is 11.4. The predicted octanol–water partition coefficient (Wildman–Crippen LogP) is 0.903. The lowest BCUT2D eigenvalue weighted by Gasteiger charge is -2.19. The lowest BCUT2D eigenvalue weighted by atomic mass is 10.1. The highest BCUT2D eigenvalue weighted by Gasteiger charge is 2.30. The molecule has 21 heavy (non-hydrogen) atoms. The first kappa shape index (κ1) is 15.3.